The molecule has 1 aliphatic rings. The third-order valence-corrected chi connectivity index (χ3v) is 3.60. The maximum atomic E-state index is 12.5. The van der Waals surface area contributed by atoms with Crippen molar-refractivity contribution in [2.75, 3.05) is 13.1 Å². The maximum absolute atomic E-state index is 12.5. The van der Waals surface area contributed by atoms with Crippen molar-refractivity contribution in [2.45, 2.75) is 39.4 Å². The molecule has 0 N–H and O–H groups in total. The minimum Gasteiger partial charge on any atom is -0.444 e. The molecule has 1 amide bonds. The molecular formula is C17H20ClF2NO3. The highest BCUT2D eigenvalue weighted by Gasteiger charge is 2.25. The number of nitrogens with zero attached hydrogens (tertiary/aromatic N) is 1. The van der Waals surface area contributed by atoms with Gasteiger partial charge in [0.2, 0.25) is 0 Å². The number of carbonyl (C=O) groups excluding carboxylic acids is 1. The Bertz CT molecular complexity index is 641. The molecule has 0 aliphatic carbocycles. The first-order chi connectivity index (χ1) is 11.2. The molecule has 0 aromatic heterocycles. The van der Waals surface area contributed by atoms with Gasteiger partial charge in [0, 0.05) is 23.7 Å². The summed E-state index contributed by atoms with van der Waals surface area (Å²) < 4.78 is 35.0. The van der Waals surface area contributed by atoms with E-state index < -0.39 is 18.3 Å². The largest absolute Gasteiger partial charge is 0.444 e. The first-order valence-corrected chi connectivity index (χ1v) is 7.95. The van der Waals surface area contributed by atoms with E-state index in [1.807, 2.05) is 0 Å². The lowest BCUT2D eigenvalue weighted by Gasteiger charge is -2.30. The van der Waals surface area contributed by atoms with Gasteiger partial charge >= 0.3 is 12.7 Å². The number of rotatable bonds is 3. The second-order valence-electron chi connectivity index (χ2n) is 6.42. The van der Waals surface area contributed by atoms with Gasteiger partial charge in [-0.2, -0.15) is 8.78 Å². The Hall–Kier alpha value is -1.82. The standard InChI is InChI=1S/C17H20ClF2NO3/c1-17(2,3)24-16(22)21-8-6-11(7-9-21)13-10-12(18)4-5-14(13)23-15(19)20/h4-6,10,15H,7-9H2,1-3H3. The third-order valence-electron chi connectivity index (χ3n) is 3.36. The van der Waals surface area contributed by atoms with Crippen LogP contribution in [0.1, 0.15) is 32.8 Å². The monoisotopic (exact) mass is 359 g/mol. The van der Waals surface area contributed by atoms with Gasteiger partial charge in [0.1, 0.15) is 11.4 Å². The van der Waals surface area contributed by atoms with E-state index in [4.69, 9.17) is 16.3 Å². The van der Waals surface area contributed by atoms with E-state index >= 15 is 0 Å². The normalized spacial score (nSPS) is 15.3. The van der Waals surface area contributed by atoms with Gasteiger partial charge in [-0.1, -0.05) is 17.7 Å². The van der Waals surface area contributed by atoms with Crippen molar-refractivity contribution in [3.8, 4) is 5.75 Å². The van der Waals surface area contributed by atoms with Gasteiger partial charge in [-0.15, -0.1) is 0 Å². The summed E-state index contributed by atoms with van der Waals surface area (Å²) in [6, 6.07) is 4.51. The van der Waals surface area contributed by atoms with Crippen molar-refractivity contribution in [1.82, 2.24) is 4.90 Å². The van der Waals surface area contributed by atoms with Crippen LogP contribution in [0.25, 0.3) is 5.57 Å². The molecular weight excluding hydrogens is 340 g/mol. The molecule has 0 radical (unpaired) electrons. The van der Waals surface area contributed by atoms with E-state index in [2.05, 4.69) is 4.74 Å². The number of benzene rings is 1. The number of amides is 1. The highest BCUT2D eigenvalue weighted by atomic mass is 35.5. The summed E-state index contributed by atoms with van der Waals surface area (Å²) in [4.78, 5) is 13.6. The first kappa shape index (κ1) is 18.5. The first-order valence-electron chi connectivity index (χ1n) is 7.57. The van der Waals surface area contributed by atoms with E-state index in [1.165, 1.54) is 12.1 Å². The number of ether oxygens (including phenoxy) is 2. The molecule has 0 unspecified atom stereocenters. The Morgan fingerprint density at radius 2 is 2.04 bits per heavy atom. The van der Waals surface area contributed by atoms with Gasteiger partial charge in [-0.05, 0) is 51.0 Å². The lowest BCUT2D eigenvalue weighted by atomic mass is 9.98. The van der Waals surface area contributed by atoms with Crippen LogP contribution < -0.4 is 4.74 Å². The summed E-state index contributed by atoms with van der Waals surface area (Å²) in [5.74, 6) is 0.0753. The molecule has 0 bridgehead atoms. The zero-order valence-electron chi connectivity index (χ0n) is 13.8. The van der Waals surface area contributed by atoms with Gasteiger partial charge in [0.15, 0.2) is 0 Å². The van der Waals surface area contributed by atoms with Crippen molar-refractivity contribution in [3.05, 3.63) is 34.9 Å². The Morgan fingerprint density at radius 3 is 2.58 bits per heavy atom. The molecule has 7 heteroatoms. The highest BCUT2D eigenvalue weighted by Crippen LogP contribution is 2.33. The Balaban J connectivity index is 2.15. The number of halogens is 3. The summed E-state index contributed by atoms with van der Waals surface area (Å²) in [5, 5.41) is 0.432. The van der Waals surface area contributed by atoms with Crippen LogP contribution in [0.3, 0.4) is 0 Å². The Morgan fingerprint density at radius 1 is 1.33 bits per heavy atom. The van der Waals surface area contributed by atoms with Crippen molar-refractivity contribution in [2.24, 2.45) is 0 Å². The van der Waals surface area contributed by atoms with Gasteiger partial charge < -0.3 is 14.4 Å². The zero-order valence-corrected chi connectivity index (χ0v) is 14.6. The Kier molecular flexibility index (Phi) is 5.70. The lowest BCUT2D eigenvalue weighted by Crippen LogP contribution is -2.39. The molecule has 1 aromatic rings. The molecule has 0 atom stereocenters. The minimum absolute atomic E-state index is 0.0753. The SMILES string of the molecule is CC(C)(C)OC(=O)N1CC=C(c2cc(Cl)ccc2OC(F)F)CC1. The lowest BCUT2D eigenvalue weighted by molar-refractivity contribution is -0.0500. The third kappa shape index (κ3) is 5.09. The van der Waals surface area contributed by atoms with E-state index in [9.17, 15) is 13.6 Å². The van der Waals surface area contributed by atoms with Crippen molar-refractivity contribution < 1.29 is 23.0 Å². The molecule has 1 aromatic carbocycles. The summed E-state index contributed by atoms with van der Waals surface area (Å²) in [5.41, 5.74) is 0.770. The molecule has 1 heterocycles. The summed E-state index contributed by atoms with van der Waals surface area (Å²) >= 11 is 5.97. The van der Waals surface area contributed by atoms with Crippen LogP contribution in [0.5, 0.6) is 5.75 Å². The average Bonchev–Trinajstić information content (AvgIpc) is 2.47. The number of hydrogen-bond donors (Lipinski definition) is 0. The van der Waals surface area contributed by atoms with Crippen molar-refractivity contribution >= 4 is 23.3 Å². The van der Waals surface area contributed by atoms with Crippen LogP contribution in [0.2, 0.25) is 5.02 Å². The minimum atomic E-state index is -2.91. The van der Waals surface area contributed by atoms with Gasteiger partial charge in [-0.25, -0.2) is 4.79 Å². The molecule has 1 aliphatic heterocycles. The van der Waals surface area contributed by atoms with Crippen LogP contribution in [0.15, 0.2) is 24.3 Å². The smallest absolute Gasteiger partial charge is 0.410 e. The highest BCUT2D eigenvalue weighted by molar-refractivity contribution is 6.30. The van der Waals surface area contributed by atoms with Gasteiger partial charge in [0.25, 0.3) is 0 Å². The topological polar surface area (TPSA) is 38.8 Å². The molecule has 0 saturated carbocycles. The summed E-state index contributed by atoms with van der Waals surface area (Å²) in [6.07, 6.45) is 1.91. The van der Waals surface area contributed by atoms with E-state index in [0.29, 0.717) is 30.1 Å². The van der Waals surface area contributed by atoms with Gasteiger partial charge in [0.05, 0.1) is 0 Å². The molecule has 132 valence electrons. The van der Waals surface area contributed by atoms with Crippen molar-refractivity contribution in [1.29, 1.82) is 0 Å². The van der Waals surface area contributed by atoms with E-state index in [-0.39, 0.29) is 5.75 Å². The van der Waals surface area contributed by atoms with Crippen LogP contribution in [0, 0.1) is 0 Å². The van der Waals surface area contributed by atoms with E-state index in [0.717, 1.165) is 5.57 Å². The fourth-order valence-corrected chi connectivity index (χ4v) is 2.53. The summed E-state index contributed by atoms with van der Waals surface area (Å²) in [7, 11) is 0. The van der Waals surface area contributed by atoms with Crippen LogP contribution in [0.4, 0.5) is 13.6 Å². The van der Waals surface area contributed by atoms with Crippen LogP contribution >= 0.6 is 11.6 Å². The predicted octanol–water partition coefficient (Wildman–Crippen LogP) is 4.97. The predicted molar refractivity (Wildman–Crippen MR) is 88.5 cm³/mol. The quantitative estimate of drug-likeness (QED) is 0.765. The molecule has 0 spiro atoms. The zero-order chi connectivity index (χ0) is 17.9. The number of alkyl halides is 2. The molecule has 0 saturated heterocycles. The average molecular weight is 360 g/mol. The number of hydrogen-bond acceptors (Lipinski definition) is 3. The van der Waals surface area contributed by atoms with Crippen molar-refractivity contribution in [3.63, 3.8) is 0 Å². The fraction of sp³-hybridized carbons (Fsp3) is 0.471. The fourth-order valence-electron chi connectivity index (χ4n) is 2.36. The number of carbonyl (C=O) groups is 1. The molecule has 24 heavy (non-hydrogen) atoms. The van der Waals surface area contributed by atoms with E-state index in [1.54, 1.807) is 37.8 Å². The molecule has 4 nitrogen and oxygen atoms in total. The van der Waals surface area contributed by atoms with Crippen LogP contribution in [-0.4, -0.2) is 36.3 Å². The second-order valence-corrected chi connectivity index (χ2v) is 6.86. The second kappa shape index (κ2) is 7.38. The molecule has 2 rings (SSSR count). The maximum Gasteiger partial charge on any atom is 0.410 e. The molecule has 0 fully saturated rings. The van der Waals surface area contributed by atoms with Gasteiger partial charge in [-0.3, -0.25) is 0 Å². The Labute approximate surface area is 145 Å². The summed E-state index contributed by atoms with van der Waals surface area (Å²) in [6.45, 7) is 3.27. The van der Waals surface area contributed by atoms with Crippen LogP contribution in [-0.2, 0) is 4.74 Å².